The van der Waals surface area contributed by atoms with Gasteiger partial charge in [-0.05, 0) is 18.3 Å². The minimum absolute atomic E-state index is 0.0510. The van der Waals surface area contributed by atoms with Gasteiger partial charge in [0.25, 0.3) is 5.91 Å². The Labute approximate surface area is 97.2 Å². The molecule has 0 aliphatic heterocycles. The Hall–Kier alpha value is -0.850. The van der Waals surface area contributed by atoms with Crippen LogP contribution in [0.25, 0.3) is 0 Å². The highest BCUT2D eigenvalue weighted by molar-refractivity contribution is 5.83. The number of carbonyl (C=O) groups is 1. The van der Waals surface area contributed by atoms with Crippen molar-refractivity contribution in [2.24, 2.45) is 5.41 Å². The van der Waals surface area contributed by atoms with E-state index in [4.69, 9.17) is 5.11 Å². The molecule has 7 heteroatoms. The van der Waals surface area contributed by atoms with Crippen LogP contribution in [0.15, 0.2) is 0 Å². The van der Waals surface area contributed by atoms with Gasteiger partial charge in [0.1, 0.15) is 0 Å². The molecular weight excluding hydrogens is 242 g/mol. The van der Waals surface area contributed by atoms with Gasteiger partial charge in [-0.2, -0.15) is 8.78 Å². The van der Waals surface area contributed by atoms with Gasteiger partial charge in [-0.25, -0.2) is 8.78 Å². The third kappa shape index (κ3) is 5.34. The Balaban J connectivity index is 4.24. The molecule has 0 atom stereocenters. The van der Waals surface area contributed by atoms with Crippen molar-refractivity contribution < 1.29 is 27.5 Å². The highest BCUT2D eigenvalue weighted by atomic mass is 19.3. The lowest BCUT2D eigenvalue weighted by Crippen LogP contribution is -2.47. The monoisotopic (exact) mass is 259 g/mol. The maximum atomic E-state index is 12.6. The van der Waals surface area contributed by atoms with E-state index in [2.05, 4.69) is 0 Å². The van der Waals surface area contributed by atoms with Gasteiger partial charge in [-0.3, -0.25) is 4.79 Å². The molecule has 0 aliphatic rings. The molecule has 0 rings (SSSR count). The molecule has 0 aromatic heterocycles. The van der Waals surface area contributed by atoms with E-state index in [1.165, 1.54) is 0 Å². The first-order chi connectivity index (χ1) is 7.63. The second kappa shape index (κ2) is 6.18. The Morgan fingerprint density at radius 2 is 1.88 bits per heavy atom. The molecule has 0 saturated heterocycles. The van der Waals surface area contributed by atoms with E-state index in [0.29, 0.717) is 12.8 Å². The van der Waals surface area contributed by atoms with Crippen molar-refractivity contribution >= 4 is 5.91 Å². The molecule has 17 heavy (non-hydrogen) atoms. The van der Waals surface area contributed by atoms with E-state index < -0.39 is 23.7 Å². The third-order valence-electron chi connectivity index (χ3n) is 2.32. The molecule has 0 fully saturated rings. The molecule has 0 heterocycles. The molecule has 1 amide bonds. The van der Waals surface area contributed by atoms with E-state index in [-0.39, 0.29) is 13.2 Å². The SMILES string of the molecule is CC(C)(CCCO)CNC(=O)C(F)(F)C(F)F. The molecule has 0 aromatic carbocycles. The fourth-order valence-corrected chi connectivity index (χ4v) is 1.18. The van der Waals surface area contributed by atoms with Crippen LogP contribution in [-0.2, 0) is 4.79 Å². The maximum absolute atomic E-state index is 12.6. The fourth-order valence-electron chi connectivity index (χ4n) is 1.18. The van der Waals surface area contributed by atoms with Crippen LogP contribution < -0.4 is 5.32 Å². The summed E-state index contributed by atoms with van der Waals surface area (Å²) in [6, 6.07) is 0. The van der Waals surface area contributed by atoms with Crippen LogP contribution in [0.4, 0.5) is 17.6 Å². The summed E-state index contributed by atoms with van der Waals surface area (Å²) in [4.78, 5) is 10.8. The van der Waals surface area contributed by atoms with Gasteiger partial charge >= 0.3 is 12.3 Å². The summed E-state index contributed by atoms with van der Waals surface area (Å²) >= 11 is 0. The van der Waals surface area contributed by atoms with Gasteiger partial charge in [-0.1, -0.05) is 13.8 Å². The van der Waals surface area contributed by atoms with Crippen molar-refractivity contribution in [2.75, 3.05) is 13.2 Å². The summed E-state index contributed by atoms with van der Waals surface area (Å²) in [6.07, 6.45) is -3.07. The number of alkyl halides is 4. The van der Waals surface area contributed by atoms with Gasteiger partial charge in [-0.15, -0.1) is 0 Å². The zero-order valence-electron chi connectivity index (χ0n) is 9.77. The van der Waals surface area contributed by atoms with E-state index in [9.17, 15) is 22.4 Å². The topological polar surface area (TPSA) is 49.3 Å². The quantitative estimate of drug-likeness (QED) is 0.685. The lowest BCUT2D eigenvalue weighted by molar-refractivity contribution is -0.169. The van der Waals surface area contributed by atoms with Crippen LogP contribution in [0, 0.1) is 5.41 Å². The number of amides is 1. The predicted octanol–water partition coefficient (Wildman–Crippen LogP) is 1.80. The third-order valence-corrected chi connectivity index (χ3v) is 2.32. The van der Waals surface area contributed by atoms with E-state index in [1.807, 2.05) is 0 Å². The Bertz CT molecular complexity index is 257. The lowest BCUT2D eigenvalue weighted by atomic mass is 9.88. The molecule has 102 valence electrons. The summed E-state index contributed by atoms with van der Waals surface area (Å²) < 4.78 is 48.8. The maximum Gasteiger partial charge on any atom is 0.383 e. The molecular formula is C10H17F4NO2. The van der Waals surface area contributed by atoms with Crippen LogP contribution in [0.1, 0.15) is 26.7 Å². The second-order valence-electron chi connectivity index (χ2n) is 4.60. The van der Waals surface area contributed by atoms with Crippen LogP contribution >= 0.6 is 0 Å². The largest absolute Gasteiger partial charge is 0.396 e. The van der Waals surface area contributed by atoms with Crippen LogP contribution in [-0.4, -0.2) is 36.5 Å². The number of carbonyl (C=O) groups excluding carboxylic acids is 1. The summed E-state index contributed by atoms with van der Waals surface area (Å²) in [5.74, 6) is -6.63. The molecule has 0 bridgehead atoms. The average molecular weight is 259 g/mol. The summed E-state index contributed by atoms with van der Waals surface area (Å²) in [5, 5.41) is 10.4. The Morgan fingerprint density at radius 1 is 1.35 bits per heavy atom. The second-order valence-corrected chi connectivity index (χ2v) is 4.60. The highest BCUT2D eigenvalue weighted by Crippen LogP contribution is 2.25. The highest BCUT2D eigenvalue weighted by Gasteiger charge is 2.49. The molecule has 2 N–H and O–H groups in total. The smallest absolute Gasteiger partial charge is 0.383 e. The Morgan fingerprint density at radius 3 is 2.29 bits per heavy atom. The average Bonchev–Trinajstić information content (AvgIpc) is 2.23. The van der Waals surface area contributed by atoms with Gasteiger partial charge < -0.3 is 10.4 Å². The number of halogens is 4. The van der Waals surface area contributed by atoms with Gasteiger partial charge in [0.05, 0.1) is 0 Å². The standard InChI is InChI=1S/C10H17F4NO2/c1-9(2,4-3-5-16)6-15-8(17)10(13,14)7(11)12/h7,16H,3-6H2,1-2H3,(H,15,17). The molecule has 0 spiro atoms. The van der Waals surface area contributed by atoms with Crippen molar-refractivity contribution in [3.8, 4) is 0 Å². The van der Waals surface area contributed by atoms with E-state index in [0.717, 1.165) is 0 Å². The van der Waals surface area contributed by atoms with Gasteiger partial charge in [0.2, 0.25) is 0 Å². The first-order valence-corrected chi connectivity index (χ1v) is 5.18. The fraction of sp³-hybridized carbons (Fsp3) is 0.900. The van der Waals surface area contributed by atoms with Crippen molar-refractivity contribution in [2.45, 2.75) is 39.0 Å². The van der Waals surface area contributed by atoms with Gasteiger partial charge in [0.15, 0.2) is 0 Å². The van der Waals surface area contributed by atoms with Crippen molar-refractivity contribution in [1.29, 1.82) is 0 Å². The minimum Gasteiger partial charge on any atom is -0.396 e. The van der Waals surface area contributed by atoms with Crippen LogP contribution in [0.2, 0.25) is 0 Å². The predicted molar refractivity (Wildman–Crippen MR) is 54.1 cm³/mol. The molecule has 0 aliphatic carbocycles. The normalized spacial score (nSPS) is 12.9. The van der Waals surface area contributed by atoms with Crippen LogP contribution in [0.3, 0.4) is 0 Å². The van der Waals surface area contributed by atoms with Gasteiger partial charge in [0, 0.05) is 13.2 Å². The van der Waals surface area contributed by atoms with E-state index in [1.54, 1.807) is 19.2 Å². The molecule has 0 radical (unpaired) electrons. The minimum atomic E-state index is -4.66. The van der Waals surface area contributed by atoms with E-state index >= 15 is 0 Å². The molecule has 0 aromatic rings. The first-order valence-electron chi connectivity index (χ1n) is 5.18. The van der Waals surface area contributed by atoms with Crippen molar-refractivity contribution in [1.82, 2.24) is 5.32 Å². The zero-order chi connectivity index (χ0) is 13.7. The zero-order valence-corrected chi connectivity index (χ0v) is 9.77. The molecule has 0 saturated carbocycles. The first kappa shape index (κ1) is 16.1. The lowest BCUT2D eigenvalue weighted by Gasteiger charge is -2.25. The Kier molecular flexibility index (Phi) is 5.87. The number of hydrogen-bond donors (Lipinski definition) is 2. The number of aliphatic hydroxyl groups is 1. The number of aliphatic hydroxyl groups excluding tert-OH is 1. The number of nitrogens with one attached hydrogen (secondary N) is 1. The molecule has 3 nitrogen and oxygen atoms in total. The summed E-state index contributed by atoms with van der Waals surface area (Å²) in [7, 11) is 0. The molecule has 0 unspecified atom stereocenters. The van der Waals surface area contributed by atoms with Crippen LogP contribution in [0.5, 0.6) is 0 Å². The number of hydrogen-bond acceptors (Lipinski definition) is 2. The van der Waals surface area contributed by atoms with Crippen molar-refractivity contribution in [3.63, 3.8) is 0 Å². The summed E-state index contributed by atoms with van der Waals surface area (Å²) in [6.45, 7) is 3.17. The van der Waals surface area contributed by atoms with Crippen molar-refractivity contribution in [3.05, 3.63) is 0 Å². The summed E-state index contributed by atoms with van der Waals surface area (Å²) in [5.41, 5.74) is -0.531. The number of rotatable bonds is 7.